The predicted octanol–water partition coefficient (Wildman–Crippen LogP) is 4.47. The van der Waals surface area contributed by atoms with Crippen molar-refractivity contribution in [2.45, 2.75) is 18.4 Å². The highest BCUT2D eigenvalue weighted by Gasteiger charge is 2.18. The van der Waals surface area contributed by atoms with Crippen LogP contribution in [0.4, 0.5) is 11.4 Å². The number of ether oxygens (including phenoxy) is 1. The number of carbonyl (C=O) groups excluding carboxylic acids is 1. The minimum Gasteiger partial charge on any atom is -0.457 e. The molecule has 2 N–H and O–H groups in total. The summed E-state index contributed by atoms with van der Waals surface area (Å²) in [7, 11) is -1.88. The van der Waals surface area contributed by atoms with E-state index in [0.717, 1.165) is 23.2 Å². The number of imidazole rings is 1. The summed E-state index contributed by atoms with van der Waals surface area (Å²) in [5.74, 6) is 0.820. The van der Waals surface area contributed by atoms with Crippen LogP contribution < -0.4 is 20.9 Å². The zero-order valence-corrected chi connectivity index (χ0v) is 22.9. The van der Waals surface area contributed by atoms with Crippen molar-refractivity contribution in [3.8, 4) is 22.8 Å². The van der Waals surface area contributed by atoms with Gasteiger partial charge in [0.15, 0.2) is 9.84 Å². The Hall–Kier alpha value is -4.90. The molecular formula is C29H27N5O5S. The Morgan fingerprint density at radius 3 is 2.52 bits per heavy atom. The quantitative estimate of drug-likeness (QED) is 0.289. The average Bonchev–Trinajstić information content (AvgIpc) is 3.40. The van der Waals surface area contributed by atoms with E-state index in [1.807, 2.05) is 42.5 Å². The Bertz CT molecular complexity index is 1890. The fraction of sp³-hybridized carbons (Fsp3) is 0.138. The Morgan fingerprint density at radius 1 is 1.02 bits per heavy atom. The molecule has 1 amide bonds. The van der Waals surface area contributed by atoms with Gasteiger partial charge in [0.1, 0.15) is 17.0 Å². The van der Waals surface area contributed by atoms with E-state index in [1.165, 1.54) is 36.1 Å². The van der Waals surface area contributed by atoms with Crippen molar-refractivity contribution in [3.05, 3.63) is 101 Å². The molecular weight excluding hydrogens is 530 g/mol. The van der Waals surface area contributed by atoms with Gasteiger partial charge < -0.3 is 19.9 Å². The van der Waals surface area contributed by atoms with E-state index in [-0.39, 0.29) is 16.4 Å². The number of hydrogen-bond acceptors (Lipinski definition) is 7. The minimum absolute atomic E-state index is 0.122. The maximum Gasteiger partial charge on any atom is 0.276 e. The standard InChI is InChI=1S/C29H27N5O5S/c1-19(35)32-21-9-7-20(8-10-21)15-31-22-5-4-6-23(13-22)39-28-12-11-24(40(3,37)38)14-25(28)27-17-33(2)29(36)26-16-30-18-34(26)27/h4-14,16-18,31H,15H2,1-3H3,(H,32,35). The monoisotopic (exact) mass is 557 g/mol. The van der Waals surface area contributed by atoms with E-state index in [1.54, 1.807) is 29.8 Å². The Labute approximate surface area is 230 Å². The van der Waals surface area contributed by atoms with Gasteiger partial charge in [-0.05, 0) is 48.0 Å². The first-order valence-corrected chi connectivity index (χ1v) is 14.2. The number of hydrogen-bond donors (Lipinski definition) is 2. The number of anilines is 2. The molecule has 0 atom stereocenters. The van der Waals surface area contributed by atoms with Crippen molar-refractivity contribution in [1.82, 2.24) is 14.0 Å². The number of amides is 1. The van der Waals surface area contributed by atoms with Crippen LogP contribution in [0.3, 0.4) is 0 Å². The number of fused-ring (bicyclic) bond motifs is 1. The average molecular weight is 558 g/mol. The van der Waals surface area contributed by atoms with Crippen LogP contribution in [0, 0.1) is 0 Å². The molecule has 40 heavy (non-hydrogen) atoms. The predicted molar refractivity (Wildman–Crippen MR) is 154 cm³/mol. The van der Waals surface area contributed by atoms with Gasteiger partial charge >= 0.3 is 0 Å². The maximum atomic E-state index is 12.6. The van der Waals surface area contributed by atoms with Crippen LogP contribution in [0.1, 0.15) is 12.5 Å². The summed E-state index contributed by atoms with van der Waals surface area (Å²) in [6.45, 7) is 2.02. The van der Waals surface area contributed by atoms with Gasteiger partial charge in [0.05, 0.1) is 23.1 Å². The Kier molecular flexibility index (Phi) is 7.14. The van der Waals surface area contributed by atoms with Gasteiger partial charge in [-0.3, -0.25) is 14.0 Å². The fourth-order valence-corrected chi connectivity index (χ4v) is 4.92. The summed E-state index contributed by atoms with van der Waals surface area (Å²) in [5, 5.41) is 6.11. The molecule has 0 saturated carbocycles. The zero-order chi connectivity index (χ0) is 28.4. The lowest BCUT2D eigenvalue weighted by molar-refractivity contribution is -0.114. The summed E-state index contributed by atoms with van der Waals surface area (Å²) in [4.78, 5) is 28.0. The third-order valence-electron chi connectivity index (χ3n) is 6.24. The first kappa shape index (κ1) is 26.7. The molecule has 0 saturated heterocycles. The van der Waals surface area contributed by atoms with Gasteiger partial charge in [0.2, 0.25) is 5.91 Å². The molecule has 0 aliphatic rings. The van der Waals surface area contributed by atoms with Gasteiger partial charge in [0.25, 0.3) is 5.56 Å². The van der Waals surface area contributed by atoms with Crippen LogP contribution in [0.25, 0.3) is 16.8 Å². The summed E-state index contributed by atoms with van der Waals surface area (Å²) in [6, 6.07) is 19.6. The van der Waals surface area contributed by atoms with Crippen LogP contribution in [0.15, 0.2) is 95.1 Å². The highest BCUT2D eigenvalue weighted by molar-refractivity contribution is 7.90. The molecule has 0 spiro atoms. The minimum atomic E-state index is -3.51. The van der Waals surface area contributed by atoms with Crippen molar-refractivity contribution in [2.24, 2.45) is 7.05 Å². The molecule has 0 aliphatic carbocycles. The van der Waals surface area contributed by atoms with Crippen LogP contribution in [0.2, 0.25) is 0 Å². The topological polar surface area (TPSA) is 124 Å². The van der Waals surface area contributed by atoms with Crippen LogP contribution in [-0.2, 0) is 28.2 Å². The van der Waals surface area contributed by atoms with Gasteiger partial charge in [-0.25, -0.2) is 13.4 Å². The Morgan fingerprint density at radius 2 is 1.80 bits per heavy atom. The van der Waals surface area contributed by atoms with E-state index in [4.69, 9.17) is 4.74 Å². The molecule has 0 unspecified atom stereocenters. The molecule has 2 heterocycles. The summed E-state index contributed by atoms with van der Waals surface area (Å²) in [6.07, 6.45) is 5.74. The third-order valence-corrected chi connectivity index (χ3v) is 7.35. The molecule has 5 rings (SSSR count). The van der Waals surface area contributed by atoms with Crippen LogP contribution in [0.5, 0.6) is 11.5 Å². The van der Waals surface area contributed by atoms with Crippen molar-refractivity contribution in [3.63, 3.8) is 0 Å². The number of nitrogens with one attached hydrogen (secondary N) is 2. The number of nitrogens with zero attached hydrogens (tertiary/aromatic N) is 3. The first-order valence-electron chi connectivity index (χ1n) is 12.3. The van der Waals surface area contributed by atoms with Crippen molar-refractivity contribution < 1.29 is 17.9 Å². The van der Waals surface area contributed by atoms with Crippen molar-refractivity contribution in [2.75, 3.05) is 16.9 Å². The van der Waals surface area contributed by atoms with Gasteiger partial charge in [-0.2, -0.15) is 0 Å². The second-order valence-electron chi connectivity index (χ2n) is 9.37. The highest BCUT2D eigenvalue weighted by atomic mass is 32.2. The van der Waals surface area contributed by atoms with Crippen LogP contribution in [-0.4, -0.2) is 34.5 Å². The first-order chi connectivity index (χ1) is 19.1. The molecule has 0 radical (unpaired) electrons. The normalized spacial score (nSPS) is 11.4. The number of aromatic nitrogens is 3. The summed E-state index contributed by atoms with van der Waals surface area (Å²) in [5.41, 5.74) is 3.73. The van der Waals surface area contributed by atoms with E-state index in [2.05, 4.69) is 15.6 Å². The molecule has 3 aromatic carbocycles. The molecule has 5 aromatic rings. The second-order valence-corrected chi connectivity index (χ2v) is 11.4. The number of sulfone groups is 1. The molecule has 0 aliphatic heterocycles. The van der Waals surface area contributed by atoms with E-state index in [9.17, 15) is 18.0 Å². The van der Waals surface area contributed by atoms with E-state index in [0.29, 0.717) is 34.8 Å². The lowest BCUT2D eigenvalue weighted by atomic mass is 10.1. The lowest BCUT2D eigenvalue weighted by Crippen LogP contribution is -2.19. The Balaban J connectivity index is 1.45. The summed E-state index contributed by atoms with van der Waals surface area (Å²) >= 11 is 0. The largest absolute Gasteiger partial charge is 0.457 e. The summed E-state index contributed by atoms with van der Waals surface area (Å²) < 4.78 is 34.1. The smallest absolute Gasteiger partial charge is 0.276 e. The van der Waals surface area contributed by atoms with E-state index < -0.39 is 9.84 Å². The number of carbonyl (C=O) groups is 1. The maximum absolute atomic E-state index is 12.6. The number of aryl methyl sites for hydroxylation is 1. The van der Waals surface area contributed by atoms with Gasteiger partial charge in [0, 0.05) is 56.0 Å². The SMILES string of the molecule is CC(=O)Nc1ccc(CNc2cccc(Oc3ccc(S(C)(=O)=O)cc3-c3cn(C)c(=O)c4cncn34)c2)cc1. The second kappa shape index (κ2) is 10.7. The van der Waals surface area contributed by atoms with Crippen molar-refractivity contribution >= 4 is 32.6 Å². The lowest BCUT2D eigenvalue weighted by Gasteiger charge is -2.16. The van der Waals surface area contributed by atoms with E-state index >= 15 is 0 Å². The molecule has 2 aromatic heterocycles. The molecule has 0 fully saturated rings. The van der Waals surface area contributed by atoms with Gasteiger partial charge in [-0.1, -0.05) is 18.2 Å². The fourth-order valence-electron chi connectivity index (χ4n) is 4.27. The third kappa shape index (κ3) is 5.74. The number of rotatable bonds is 8. The number of benzene rings is 3. The zero-order valence-electron chi connectivity index (χ0n) is 22.1. The molecule has 0 bridgehead atoms. The van der Waals surface area contributed by atoms with Crippen molar-refractivity contribution in [1.29, 1.82) is 0 Å². The van der Waals surface area contributed by atoms with Crippen LogP contribution >= 0.6 is 0 Å². The molecule has 10 nitrogen and oxygen atoms in total. The molecule has 204 valence electrons. The highest BCUT2D eigenvalue weighted by Crippen LogP contribution is 2.36. The molecule has 11 heteroatoms. The van der Waals surface area contributed by atoms with Gasteiger partial charge in [-0.15, -0.1) is 0 Å².